The molecule has 1 fully saturated rings. The first-order valence-electron chi connectivity index (χ1n) is 11.5. The van der Waals surface area contributed by atoms with Crippen molar-refractivity contribution in [2.45, 2.75) is 45.6 Å². The molecular weight excluding hydrogens is 474 g/mol. The highest BCUT2D eigenvalue weighted by Gasteiger charge is 2.42. The highest BCUT2D eigenvalue weighted by atomic mass is 32.2. The molecule has 0 bridgehead atoms. The lowest BCUT2D eigenvalue weighted by Gasteiger charge is -2.36. The molecule has 1 saturated heterocycles. The largest absolute Gasteiger partial charge is 0.466 e. The molecule has 0 radical (unpaired) electrons. The number of hydrogen-bond acceptors (Lipinski definition) is 9. The van der Waals surface area contributed by atoms with Crippen molar-refractivity contribution in [3.05, 3.63) is 44.8 Å². The first-order chi connectivity index (χ1) is 16.5. The maximum Gasteiger partial charge on any atom is 0.338 e. The van der Waals surface area contributed by atoms with Gasteiger partial charge in [-0.2, -0.15) is 0 Å². The van der Waals surface area contributed by atoms with Crippen LogP contribution in [0.2, 0.25) is 0 Å². The Morgan fingerprint density at radius 2 is 1.97 bits per heavy atom. The van der Waals surface area contributed by atoms with Crippen LogP contribution >= 0.6 is 23.1 Å². The number of nitrogens with zero attached hydrogens (tertiary/aromatic N) is 3. The van der Waals surface area contributed by atoms with E-state index in [-0.39, 0.29) is 30.3 Å². The minimum atomic E-state index is -0.401. The number of carbonyl (C=O) groups excluding carboxylic acids is 3. The smallest absolute Gasteiger partial charge is 0.338 e. The van der Waals surface area contributed by atoms with Crippen molar-refractivity contribution in [1.29, 1.82) is 0 Å². The van der Waals surface area contributed by atoms with Crippen LogP contribution < -0.4 is 0 Å². The number of thiophene rings is 1. The summed E-state index contributed by atoms with van der Waals surface area (Å²) in [5.41, 5.74) is 2.05. The lowest BCUT2D eigenvalue weighted by Crippen LogP contribution is -2.42. The Kier molecular flexibility index (Phi) is 7.77. The first-order valence-corrected chi connectivity index (χ1v) is 13.3. The number of esters is 2. The number of carbonyl (C=O) groups is 3. The van der Waals surface area contributed by atoms with Gasteiger partial charge in [-0.3, -0.25) is 9.59 Å². The van der Waals surface area contributed by atoms with Crippen LogP contribution in [0.4, 0.5) is 0 Å². The van der Waals surface area contributed by atoms with E-state index in [4.69, 9.17) is 14.5 Å². The monoisotopic (exact) mass is 503 g/mol. The van der Waals surface area contributed by atoms with Gasteiger partial charge in [0.15, 0.2) is 5.17 Å². The first kappa shape index (κ1) is 24.5. The average molecular weight is 504 g/mol. The van der Waals surface area contributed by atoms with Gasteiger partial charge >= 0.3 is 11.9 Å². The molecule has 4 rings (SSSR count). The third kappa shape index (κ3) is 4.79. The Hall–Kier alpha value is -2.59. The number of allylic oxidation sites excluding steroid dienone is 1. The van der Waals surface area contributed by atoms with E-state index in [1.807, 2.05) is 39.6 Å². The molecule has 0 aromatic carbocycles. The SMILES string of the molecule is CCOC(=O)C1CCN(C(=O)CC2=CSC3=NC(CC)=C(C(=O)OC)[C@H](c4cccs4)N23)CC1. The number of aliphatic imine (C=N–C) groups is 1. The zero-order chi connectivity index (χ0) is 24.2. The Balaban J connectivity index is 1.52. The Morgan fingerprint density at radius 1 is 1.21 bits per heavy atom. The zero-order valence-corrected chi connectivity index (χ0v) is 21.2. The Labute approximate surface area is 207 Å². The van der Waals surface area contributed by atoms with Crippen LogP contribution in [0, 0.1) is 5.92 Å². The molecule has 8 nitrogen and oxygen atoms in total. The van der Waals surface area contributed by atoms with Crippen molar-refractivity contribution < 1.29 is 23.9 Å². The topological polar surface area (TPSA) is 88.5 Å². The van der Waals surface area contributed by atoms with Crippen LogP contribution in [-0.4, -0.2) is 59.6 Å². The molecule has 1 aromatic rings. The van der Waals surface area contributed by atoms with Crippen molar-refractivity contribution in [1.82, 2.24) is 9.80 Å². The molecule has 1 amide bonds. The summed E-state index contributed by atoms with van der Waals surface area (Å²) in [6, 6.07) is 3.58. The fraction of sp³-hybridized carbons (Fsp3) is 0.500. The molecule has 0 saturated carbocycles. The predicted octanol–water partition coefficient (Wildman–Crippen LogP) is 4.08. The number of ether oxygens (including phenoxy) is 2. The number of likely N-dealkylation sites (tertiary alicyclic amines) is 1. The second-order valence-electron chi connectivity index (χ2n) is 8.20. The van der Waals surface area contributed by atoms with Gasteiger partial charge in [-0.05, 0) is 43.0 Å². The summed E-state index contributed by atoms with van der Waals surface area (Å²) in [5, 5.41) is 4.70. The predicted molar refractivity (Wildman–Crippen MR) is 132 cm³/mol. The maximum atomic E-state index is 13.2. The quantitative estimate of drug-likeness (QED) is 0.518. The van der Waals surface area contributed by atoms with Crippen molar-refractivity contribution >= 4 is 46.1 Å². The number of amidine groups is 1. The van der Waals surface area contributed by atoms with Crippen molar-refractivity contribution in [2.75, 3.05) is 26.8 Å². The van der Waals surface area contributed by atoms with Gasteiger partial charge in [-0.25, -0.2) is 9.79 Å². The van der Waals surface area contributed by atoms with Crippen LogP contribution in [0.5, 0.6) is 0 Å². The standard InChI is InChI=1S/C24H29N3O5S2/c1-4-17-20(23(30)31-3)21(18-7-6-12-33-18)27-16(14-34-24(27)25-17)13-19(28)26-10-8-15(9-11-26)22(29)32-5-2/h6-7,12,14-15,21H,4-5,8-11,13H2,1-3H3/t21-/m0/s1. The summed E-state index contributed by atoms with van der Waals surface area (Å²) < 4.78 is 10.3. The minimum Gasteiger partial charge on any atom is -0.466 e. The van der Waals surface area contributed by atoms with Crippen LogP contribution in [0.1, 0.15) is 50.4 Å². The van der Waals surface area contributed by atoms with Crippen LogP contribution in [0.25, 0.3) is 0 Å². The number of rotatable bonds is 7. The Bertz CT molecular complexity index is 1040. The summed E-state index contributed by atoms with van der Waals surface area (Å²) in [6.45, 7) is 5.21. The van der Waals surface area contributed by atoms with Gasteiger partial charge in [0.05, 0.1) is 37.3 Å². The molecule has 0 N–H and O–H groups in total. The van der Waals surface area contributed by atoms with Crippen LogP contribution in [0.3, 0.4) is 0 Å². The minimum absolute atomic E-state index is 0.00484. The van der Waals surface area contributed by atoms with Gasteiger partial charge < -0.3 is 19.3 Å². The molecule has 4 heterocycles. The van der Waals surface area contributed by atoms with E-state index < -0.39 is 5.97 Å². The second-order valence-corrected chi connectivity index (χ2v) is 10.0. The van der Waals surface area contributed by atoms with Gasteiger partial charge in [0.25, 0.3) is 0 Å². The molecule has 182 valence electrons. The zero-order valence-electron chi connectivity index (χ0n) is 19.6. The summed E-state index contributed by atoms with van der Waals surface area (Å²) >= 11 is 3.04. The van der Waals surface area contributed by atoms with Crippen LogP contribution in [-0.2, 0) is 23.9 Å². The molecule has 0 aliphatic carbocycles. The molecule has 3 aliphatic heterocycles. The molecular formula is C24H29N3O5S2. The van der Waals surface area contributed by atoms with Gasteiger partial charge in [0.2, 0.25) is 5.91 Å². The van der Waals surface area contributed by atoms with Crippen molar-refractivity contribution in [2.24, 2.45) is 10.9 Å². The number of hydrogen-bond donors (Lipinski definition) is 0. The summed E-state index contributed by atoms with van der Waals surface area (Å²) in [4.78, 5) is 47.6. The Morgan fingerprint density at radius 3 is 2.59 bits per heavy atom. The molecule has 0 unspecified atom stereocenters. The highest BCUT2D eigenvalue weighted by molar-refractivity contribution is 8.16. The fourth-order valence-corrected chi connectivity index (χ4v) is 6.28. The summed E-state index contributed by atoms with van der Waals surface area (Å²) in [7, 11) is 1.38. The van der Waals surface area contributed by atoms with Crippen LogP contribution in [0.15, 0.2) is 44.9 Å². The van der Waals surface area contributed by atoms with Gasteiger partial charge in [0, 0.05) is 23.7 Å². The molecule has 34 heavy (non-hydrogen) atoms. The summed E-state index contributed by atoms with van der Waals surface area (Å²) in [5.74, 6) is -0.715. The summed E-state index contributed by atoms with van der Waals surface area (Å²) in [6.07, 6.45) is 2.03. The molecule has 0 spiro atoms. The second kappa shape index (κ2) is 10.8. The van der Waals surface area contributed by atoms with Gasteiger partial charge in [-0.1, -0.05) is 24.8 Å². The third-order valence-corrected chi connectivity index (χ3v) is 8.06. The molecule has 10 heteroatoms. The van der Waals surface area contributed by atoms with Gasteiger partial charge in [0.1, 0.15) is 6.04 Å². The maximum absolute atomic E-state index is 13.2. The lowest BCUT2D eigenvalue weighted by molar-refractivity contribution is -0.151. The van der Waals surface area contributed by atoms with E-state index in [2.05, 4.69) is 0 Å². The van der Waals surface area contributed by atoms with E-state index in [1.54, 1.807) is 18.3 Å². The van der Waals surface area contributed by atoms with E-state index in [0.717, 1.165) is 15.7 Å². The average Bonchev–Trinajstić information content (AvgIpc) is 3.53. The van der Waals surface area contributed by atoms with E-state index in [1.165, 1.54) is 18.9 Å². The highest BCUT2D eigenvalue weighted by Crippen LogP contribution is 2.46. The lowest BCUT2D eigenvalue weighted by atomic mass is 9.96. The van der Waals surface area contributed by atoms with Crippen molar-refractivity contribution in [3.8, 4) is 0 Å². The van der Waals surface area contributed by atoms with Gasteiger partial charge in [-0.15, -0.1) is 11.3 Å². The normalized spacial score (nSPS) is 20.6. The number of thioether (sulfide) groups is 1. The molecule has 3 aliphatic rings. The number of amides is 1. The van der Waals surface area contributed by atoms with Crippen molar-refractivity contribution in [3.63, 3.8) is 0 Å². The van der Waals surface area contributed by atoms with E-state index in [0.29, 0.717) is 50.2 Å². The number of fused-ring (bicyclic) bond motifs is 1. The fourth-order valence-electron chi connectivity index (χ4n) is 4.52. The number of piperidine rings is 1. The molecule has 1 aromatic heterocycles. The molecule has 1 atom stereocenters. The number of methoxy groups -OCH3 is 1. The van der Waals surface area contributed by atoms with E-state index in [9.17, 15) is 14.4 Å². The van der Waals surface area contributed by atoms with E-state index >= 15 is 0 Å². The third-order valence-electron chi connectivity index (χ3n) is 6.24.